The van der Waals surface area contributed by atoms with E-state index >= 15 is 0 Å². The van der Waals surface area contributed by atoms with Crippen molar-refractivity contribution in [3.63, 3.8) is 0 Å². The minimum atomic E-state index is -0.405. The molecule has 0 spiro atoms. The number of benzene rings is 3. The fourth-order valence-corrected chi connectivity index (χ4v) is 5.01. The molecule has 31 heavy (non-hydrogen) atoms. The third-order valence-corrected chi connectivity index (χ3v) is 6.64. The molecule has 1 unspecified atom stereocenters. The highest BCUT2D eigenvalue weighted by atomic mass is 79.9. The highest BCUT2D eigenvalue weighted by Crippen LogP contribution is 2.40. The van der Waals surface area contributed by atoms with Crippen LogP contribution in [0.25, 0.3) is 11.4 Å². The first-order chi connectivity index (χ1) is 15.2. The molecule has 5 rings (SSSR count). The zero-order valence-corrected chi connectivity index (χ0v) is 19.3. The maximum atomic E-state index is 6.30. The van der Waals surface area contributed by atoms with E-state index in [4.69, 9.17) is 9.47 Å². The average molecular weight is 494 g/mol. The van der Waals surface area contributed by atoms with Crippen molar-refractivity contribution >= 4 is 27.7 Å². The second-order valence-corrected chi connectivity index (χ2v) is 9.10. The Balaban J connectivity index is 1.39. The summed E-state index contributed by atoms with van der Waals surface area (Å²) in [6.07, 6.45) is -0.405. The molecule has 0 fully saturated rings. The summed E-state index contributed by atoms with van der Waals surface area (Å²) in [6, 6.07) is 24.3. The van der Waals surface area contributed by atoms with E-state index in [-0.39, 0.29) is 0 Å². The molecular formula is C24H20BrN3O2S. The Kier molecular flexibility index (Phi) is 5.80. The first-order valence-electron chi connectivity index (χ1n) is 9.91. The number of hydrogen-bond donors (Lipinski definition) is 0. The third kappa shape index (κ3) is 4.26. The van der Waals surface area contributed by atoms with Crippen molar-refractivity contribution in [3.8, 4) is 17.1 Å². The molecule has 1 atom stereocenters. The highest BCUT2D eigenvalue weighted by Gasteiger charge is 2.25. The van der Waals surface area contributed by atoms with Gasteiger partial charge in [-0.05, 0) is 12.1 Å². The van der Waals surface area contributed by atoms with Gasteiger partial charge in [-0.25, -0.2) is 0 Å². The van der Waals surface area contributed by atoms with Crippen LogP contribution in [0, 0.1) is 0 Å². The zero-order valence-electron chi connectivity index (χ0n) is 16.9. The van der Waals surface area contributed by atoms with Crippen molar-refractivity contribution < 1.29 is 9.47 Å². The van der Waals surface area contributed by atoms with Gasteiger partial charge in [-0.2, -0.15) is 0 Å². The van der Waals surface area contributed by atoms with Gasteiger partial charge in [0.25, 0.3) is 0 Å². The number of aromatic nitrogens is 3. The summed E-state index contributed by atoms with van der Waals surface area (Å²) in [6.45, 7) is 0.508. The predicted octanol–water partition coefficient (Wildman–Crippen LogP) is 6.14. The number of rotatable bonds is 5. The number of hydrogen-bond acceptors (Lipinski definition) is 5. The lowest BCUT2D eigenvalue weighted by atomic mass is 10.1. The lowest BCUT2D eigenvalue weighted by molar-refractivity contribution is -0.111. The summed E-state index contributed by atoms with van der Waals surface area (Å²) in [4.78, 5) is 0. The van der Waals surface area contributed by atoms with E-state index in [1.165, 1.54) is 0 Å². The van der Waals surface area contributed by atoms with Crippen LogP contribution in [-0.4, -0.2) is 14.8 Å². The fraction of sp³-hybridized carbons (Fsp3) is 0.167. The van der Waals surface area contributed by atoms with Crippen LogP contribution in [0.5, 0.6) is 5.75 Å². The Morgan fingerprint density at radius 2 is 1.77 bits per heavy atom. The van der Waals surface area contributed by atoms with Gasteiger partial charge in [0.2, 0.25) is 6.29 Å². The first-order valence-corrected chi connectivity index (χ1v) is 11.7. The van der Waals surface area contributed by atoms with Gasteiger partial charge >= 0.3 is 0 Å². The normalized spacial score (nSPS) is 15.4. The summed E-state index contributed by atoms with van der Waals surface area (Å²) in [5, 5.41) is 9.65. The van der Waals surface area contributed by atoms with Gasteiger partial charge in [-0.15, -0.1) is 10.2 Å². The molecule has 0 aliphatic carbocycles. The van der Waals surface area contributed by atoms with Gasteiger partial charge in [-0.3, -0.25) is 0 Å². The Morgan fingerprint density at radius 3 is 2.55 bits per heavy atom. The maximum absolute atomic E-state index is 6.30. The lowest BCUT2D eigenvalue weighted by Crippen LogP contribution is -2.19. The summed E-state index contributed by atoms with van der Waals surface area (Å²) < 4.78 is 15.3. The summed E-state index contributed by atoms with van der Waals surface area (Å²) in [5.74, 6) is 2.46. The van der Waals surface area contributed by atoms with Gasteiger partial charge in [-0.1, -0.05) is 88.4 Å². The molecule has 0 amide bonds. The second kappa shape index (κ2) is 8.86. The van der Waals surface area contributed by atoms with Crippen LogP contribution in [-0.2, 0) is 24.1 Å². The summed E-state index contributed by atoms with van der Waals surface area (Å²) in [5.41, 5.74) is 4.20. The smallest absolute Gasteiger partial charge is 0.227 e. The van der Waals surface area contributed by atoms with Crippen LogP contribution >= 0.6 is 27.7 Å². The Bertz CT molecular complexity index is 1200. The van der Waals surface area contributed by atoms with Gasteiger partial charge in [0.05, 0.1) is 6.61 Å². The monoisotopic (exact) mass is 493 g/mol. The van der Waals surface area contributed by atoms with Crippen LogP contribution in [0.1, 0.15) is 23.0 Å². The van der Waals surface area contributed by atoms with Crippen LogP contribution in [0.4, 0.5) is 0 Å². The SMILES string of the molecule is Cn1c(SCc2cc(Br)cc3c2OC(c2ccccc2)OC3)nnc1-c1ccccc1. The molecule has 0 saturated heterocycles. The molecule has 1 aliphatic heterocycles. The number of fused-ring (bicyclic) bond motifs is 1. The van der Waals surface area contributed by atoms with Crippen molar-refractivity contribution in [3.05, 3.63) is 94.0 Å². The third-order valence-electron chi connectivity index (χ3n) is 5.12. The summed E-state index contributed by atoms with van der Waals surface area (Å²) >= 11 is 5.27. The number of nitrogens with zero attached hydrogens (tertiary/aromatic N) is 3. The van der Waals surface area contributed by atoms with Crippen molar-refractivity contribution in [2.24, 2.45) is 7.05 Å². The molecule has 0 N–H and O–H groups in total. The number of thioether (sulfide) groups is 1. The van der Waals surface area contributed by atoms with Crippen LogP contribution in [0.2, 0.25) is 0 Å². The summed E-state index contributed by atoms with van der Waals surface area (Å²) in [7, 11) is 2.00. The van der Waals surface area contributed by atoms with Gasteiger partial charge in [0, 0.05) is 39.5 Å². The van der Waals surface area contributed by atoms with Crippen LogP contribution in [0.3, 0.4) is 0 Å². The second-order valence-electron chi connectivity index (χ2n) is 7.24. The predicted molar refractivity (Wildman–Crippen MR) is 125 cm³/mol. The standard InChI is InChI=1S/C24H20BrN3O2S/c1-28-22(16-8-4-2-5-9-16)26-27-24(28)31-15-19-13-20(25)12-18-14-29-23(30-21(18)19)17-10-6-3-7-11-17/h2-13,23H,14-15H2,1H3. The maximum Gasteiger partial charge on any atom is 0.227 e. The van der Waals surface area contributed by atoms with Crippen molar-refractivity contribution in [1.29, 1.82) is 0 Å². The average Bonchev–Trinajstić information content (AvgIpc) is 3.18. The van der Waals surface area contributed by atoms with Gasteiger partial charge < -0.3 is 14.0 Å². The van der Waals surface area contributed by atoms with E-state index in [9.17, 15) is 0 Å². The van der Waals surface area contributed by atoms with Crippen LogP contribution in [0.15, 0.2) is 82.4 Å². The largest absolute Gasteiger partial charge is 0.460 e. The molecule has 0 radical (unpaired) electrons. The van der Waals surface area contributed by atoms with E-state index < -0.39 is 6.29 Å². The first kappa shape index (κ1) is 20.3. The molecule has 1 aromatic heterocycles. The van der Waals surface area contributed by atoms with Crippen LogP contribution < -0.4 is 4.74 Å². The van der Waals surface area contributed by atoms with Crippen molar-refractivity contribution in [1.82, 2.24) is 14.8 Å². The molecule has 0 saturated carbocycles. The molecular weight excluding hydrogens is 474 g/mol. The molecule has 4 aromatic rings. The lowest BCUT2D eigenvalue weighted by Gasteiger charge is -2.28. The van der Waals surface area contributed by atoms with E-state index in [1.807, 2.05) is 72.3 Å². The molecule has 156 valence electrons. The van der Waals surface area contributed by atoms with Crippen molar-refractivity contribution in [2.45, 2.75) is 23.8 Å². The zero-order chi connectivity index (χ0) is 21.2. The molecule has 5 nitrogen and oxygen atoms in total. The van der Waals surface area contributed by atoms with E-state index in [1.54, 1.807) is 11.8 Å². The number of ether oxygens (including phenoxy) is 2. The Labute approximate surface area is 193 Å². The van der Waals surface area contributed by atoms with E-state index in [0.717, 1.165) is 43.5 Å². The molecule has 1 aliphatic rings. The minimum Gasteiger partial charge on any atom is -0.460 e. The van der Waals surface area contributed by atoms with Gasteiger partial charge in [0.15, 0.2) is 11.0 Å². The molecule has 7 heteroatoms. The van der Waals surface area contributed by atoms with E-state index in [0.29, 0.717) is 12.4 Å². The molecule has 3 aromatic carbocycles. The molecule has 0 bridgehead atoms. The quantitative estimate of drug-likeness (QED) is 0.312. The Hall–Kier alpha value is -2.61. The molecule has 2 heterocycles. The topological polar surface area (TPSA) is 49.2 Å². The minimum absolute atomic E-state index is 0.405. The Morgan fingerprint density at radius 1 is 1.03 bits per heavy atom. The van der Waals surface area contributed by atoms with E-state index in [2.05, 4.69) is 38.3 Å². The van der Waals surface area contributed by atoms with Gasteiger partial charge in [0.1, 0.15) is 5.75 Å². The van der Waals surface area contributed by atoms with Crippen molar-refractivity contribution in [2.75, 3.05) is 0 Å². The number of halogens is 1. The highest BCUT2D eigenvalue weighted by molar-refractivity contribution is 9.10. The fourth-order valence-electron chi connectivity index (χ4n) is 3.58.